The first-order valence-electron chi connectivity index (χ1n) is 8.93. The summed E-state index contributed by atoms with van der Waals surface area (Å²) in [5.41, 5.74) is 1.63. The highest BCUT2D eigenvalue weighted by Gasteiger charge is 2.20. The Morgan fingerprint density at radius 2 is 1.97 bits per heavy atom. The number of rotatable bonds is 7. The maximum atomic E-state index is 12.8. The van der Waals surface area contributed by atoms with Gasteiger partial charge in [0.05, 0.1) is 40.4 Å². The van der Waals surface area contributed by atoms with Gasteiger partial charge in [0.2, 0.25) is 0 Å². The molecule has 0 saturated heterocycles. The zero-order chi connectivity index (χ0) is 21.7. The number of aromatic hydroxyl groups is 1. The van der Waals surface area contributed by atoms with Crippen LogP contribution in [0.2, 0.25) is 5.02 Å². The highest BCUT2D eigenvalue weighted by atomic mass is 35.5. The van der Waals surface area contributed by atoms with E-state index in [1.807, 2.05) is 6.07 Å². The molecule has 152 valence electrons. The van der Waals surface area contributed by atoms with Crippen molar-refractivity contribution in [1.82, 2.24) is 5.32 Å². The zero-order valence-electron chi connectivity index (χ0n) is 15.6. The van der Waals surface area contributed by atoms with Crippen molar-refractivity contribution in [3.63, 3.8) is 0 Å². The van der Waals surface area contributed by atoms with Gasteiger partial charge >= 0.3 is 0 Å². The molecule has 7 nitrogen and oxygen atoms in total. The molecule has 3 rings (SSSR count). The highest BCUT2D eigenvalue weighted by Crippen LogP contribution is 2.35. The second-order valence-corrected chi connectivity index (χ2v) is 6.94. The lowest BCUT2D eigenvalue weighted by Gasteiger charge is -2.17. The van der Waals surface area contributed by atoms with E-state index >= 15 is 0 Å². The summed E-state index contributed by atoms with van der Waals surface area (Å²) in [6.45, 7) is -0.310. The summed E-state index contributed by atoms with van der Waals surface area (Å²) in [6, 6.07) is 13.8. The molecule has 0 saturated carbocycles. The van der Waals surface area contributed by atoms with Gasteiger partial charge in [0.15, 0.2) is 12.0 Å². The van der Waals surface area contributed by atoms with Crippen molar-refractivity contribution in [1.29, 1.82) is 5.26 Å². The molecule has 3 aromatic rings. The fourth-order valence-electron chi connectivity index (χ4n) is 2.92. The monoisotopic (exact) mass is 424 g/mol. The number of hydrogen-bond acceptors (Lipinski definition) is 6. The first-order valence-corrected chi connectivity index (χ1v) is 9.31. The number of halogens is 1. The van der Waals surface area contributed by atoms with Crippen LogP contribution in [0.25, 0.3) is 11.3 Å². The lowest BCUT2D eigenvalue weighted by molar-refractivity contribution is 0.0916. The molecular weight excluding hydrogens is 408 g/mol. The van der Waals surface area contributed by atoms with Crippen LogP contribution in [0.4, 0.5) is 0 Å². The van der Waals surface area contributed by atoms with Crippen LogP contribution in [0.5, 0.6) is 5.75 Å². The smallest absolute Gasteiger partial charge is 0.253 e. The van der Waals surface area contributed by atoms with Crippen LogP contribution in [-0.4, -0.2) is 35.1 Å². The predicted molar refractivity (Wildman–Crippen MR) is 109 cm³/mol. The normalized spacial score (nSPS) is 11.5. The van der Waals surface area contributed by atoms with Crippen molar-refractivity contribution >= 4 is 23.8 Å². The lowest BCUT2D eigenvalue weighted by Crippen LogP contribution is -2.39. The summed E-state index contributed by atoms with van der Waals surface area (Å²) in [6.07, 6.45) is 0.872. The van der Waals surface area contributed by atoms with Gasteiger partial charge in [-0.3, -0.25) is 9.59 Å². The average molecular weight is 425 g/mol. The van der Waals surface area contributed by atoms with Crippen LogP contribution < -0.4 is 5.32 Å². The van der Waals surface area contributed by atoms with E-state index in [2.05, 4.69) is 5.32 Å². The van der Waals surface area contributed by atoms with E-state index in [9.17, 15) is 19.8 Å². The SMILES string of the molecule is N#Cc1ccc(CC(CO)NC(=O)c2cc(-c3ccc(C=O)o3)c(O)cc2Cl)cc1. The number of aliphatic hydroxyl groups excluding tert-OH is 1. The molecule has 1 heterocycles. The van der Waals surface area contributed by atoms with E-state index in [0.29, 0.717) is 18.3 Å². The molecule has 1 amide bonds. The topological polar surface area (TPSA) is 124 Å². The molecule has 1 aromatic heterocycles. The Kier molecular flexibility index (Phi) is 6.52. The minimum atomic E-state index is -0.593. The minimum absolute atomic E-state index is 0.0194. The number of aldehydes is 1. The van der Waals surface area contributed by atoms with Gasteiger partial charge in [-0.05, 0) is 42.3 Å². The third kappa shape index (κ3) is 4.69. The number of benzene rings is 2. The van der Waals surface area contributed by atoms with Gasteiger partial charge < -0.3 is 19.9 Å². The number of nitrogens with one attached hydrogen (secondary N) is 1. The van der Waals surface area contributed by atoms with Crippen LogP contribution in [0.3, 0.4) is 0 Å². The lowest BCUT2D eigenvalue weighted by atomic mass is 10.0. The molecule has 0 aliphatic rings. The van der Waals surface area contributed by atoms with Crippen molar-refractivity contribution < 1.29 is 24.2 Å². The van der Waals surface area contributed by atoms with E-state index < -0.39 is 11.9 Å². The maximum Gasteiger partial charge on any atom is 0.253 e. The third-order valence-corrected chi connectivity index (χ3v) is 4.77. The van der Waals surface area contributed by atoms with Gasteiger partial charge in [-0.15, -0.1) is 0 Å². The Bertz CT molecular complexity index is 1120. The van der Waals surface area contributed by atoms with Gasteiger partial charge in [-0.2, -0.15) is 5.26 Å². The second-order valence-electron chi connectivity index (χ2n) is 6.53. The Morgan fingerprint density at radius 3 is 2.57 bits per heavy atom. The number of nitriles is 1. The molecule has 30 heavy (non-hydrogen) atoms. The van der Waals surface area contributed by atoms with Crippen molar-refractivity contribution in [2.75, 3.05) is 6.61 Å². The summed E-state index contributed by atoms with van der Waals surface area (Å²) < 4.78 is 5.31. The van der Waals surface area contributed by atoms with E-state index in [1.165, 1.54) is 24.3 Å². The molecule has 2 aromatic carbocycles. The molecule has 0 radical (unpaired) electrons. The summed E-state index contributed by atoms with van der Waals surface area (Å²) in [5, 5.41) is 31.4. The quantitative estimate of drug-likeness (QED) is 0.500. The summed E-state index contributed by atoms with van der Waals surface area (Å²) in [7, 11) is 0. The molecule has 1 atom stereocenters. The molecule has 0 fully saturated rings. The fraction of sp³-hybridized carbons (Fsp3) is 0.136. The molecule has 3 N–H and O–H groups in total. The van der Waals surface area contributed by atoms with Gasteiger partial charge in [-0.25, -0.2) is 0 Å². The summed E-state index contributed by atoms with van der Waals surface area (Å²) >= 11 is 6.14. The Labute approximate surface area is 177 Å². The molecular formula is C22H17ClN2O5. The van der Waals surface area contributed by atoms with Crippen LogP contribution in [0.1, 0.15) is 32.0 Å². The number of carbonyl (C=O) groups excluding carboxylic acids is 2. The van der Waals surface area contributed by atoms with E-state index in [1.54, 1.807) is 24.3 Å². The molecule has 0 aliphatic heterocycles. The molecule has 1 unspecified atom stereocenters. The Morgan fingerprint density at radius 1 is 1.23 bits per heavy atom. The molecule has 0 spiro atoms. The number of amides is 1. The number of phenolic OH excluding ortho intramolecular Hbond substituents is 1. The van der Waals surface area contributed by atoms with E-state index in [4.69, 9.17) is 21.3 Å². The standard InChI is InChI=1S/C22H17ClN2O5/c23-19-9-20(28)18(21-6-5-16(12-27)30-21)8-17(19)22(29)25-15(11-26)7-13-1-3-14(10-24)4-2-13/h1-6,8-9,12,15,26,28H,7,11H2,(H,25,29). The van der Waals surface area contributed by atoms with Gasteiger partial charge in [0.1, 0.15) is 11.5 Å². The maximum absolute atomic E-state index is 12.8. The van der Waals surface area contributed by atoms with Gasteiger partial charge in [0.25, 0.3) is 5.91 Å². The van der Waals surface area contributed by atoms with Gasteiger partial charge in [-0.1, -0.05) is 23.7 Å². The van der Waals surface area contributed by atoms with Crippen molar-refractivity contribution in [3.05, 3.63) is 76.0 Å². The first kappa shape index (κ1) is 21.1. The van der Waals surface area contributed by atoms with E-state index in [-0.39, 0.29) is 40.0 Å². The number of nitrogens with zero attached hydrogens (tertiary/aromatic N) is 1. The fourth-order valence-corrected chi connectivity index (χ4v) is 3.16. The molecule has 0 aliphatic carbocycles. The molecule has 8 heteroatoms. The summed E-state index contributed by atoms with van der Waals surface area (Å²) in [4.78, 5) is 23.6. The second kappa shape index (κ2) is 9.27. The Balaban J connectivity index is 1.81. The number of hydrogen-bond donors (Lipinski definition) is 3. The van der Waals surface area contributed by atoms with Crippen LogP contribution in [0.15, 0.2) is 52.9 Å². The highest BCUT2D eigenvalue weighted by molar-refractivity contribution is 6.34. The first-order chi connectivity index (χ1) is 14.4. The summed E-state index contributed by atoms with van der Waals surface area (Å²) in [5.74, 6) is -0.472. The number of carbonyl (C=O) groups is 2. The number of furan rings is 1. The van der Waals surface area contributed by atoms with Crippen molar-refractivity contribution in [3.8, 4) is 23.1 Å². The van der Waals surface area contributed by atoms with Crippen LogP contribution in [0, 0.1) is 11.3 Å². The van der Waals surface area contributed by atoms with Crippen molar-refractivity contribution in [2.24, 2.45) is 0 Å². The number of phenols is 1. The largest absolute Gasteiger partial charge is 0.507 e. The van der Waals surface area contributed by atoms with Crippen LogP contribution in [-0.2, 0) is 6.42 Å². The predicted octanol–water partition coefficient (Wildman–Crippen LogP) is 3.32. The average Bonchev–Trinajstić information content (AvgIpc) is 3.22. The zero-order valence-corrected chi connectivity index (χ0v) is 16.4. The minimum Gasteiger partial charge on any atom is -0.507 e. The van der Waals surface area contributed by atoms with Gasteiger partial charge in [0, 0.05) is 6.07 Å². The Hall–Kier alpha value is -3.60. The van der Waals surface area contributed by atoms with Crippen LogP contribution >= 0.6 is 11.6 Å². The van der Waals surface area contributed by atoms with E-state index in [0.717, 1.165) is 5.56 Å². The van der Waals surface area contributed by atoms with Crippen molar-refractivity contribution in [2.45, 2.75) is 12.5 Å². The molecule has 0 bridgehead atoms. The third-order valence-electron chi connectivity index (χ3n) is 4.46. The number of aliphatic hydroxyl groups is 1.